The van der Waals surface area contributed by atoms with Gasteiger partial charge in [-0.3, -0.25) is 4.98 Å². The van der Waals surface area contributed by atoms with Crippen LogP contribution in [0.15, 0.2) is 60.8 Å². The molecule has 3 rings (SSSR count). The Labute approximate surface area is 126 Å². The molecule has 0 aliphatic carbocycles. The quantitative estimate of drug-likeness (QED) is 0.614. The fourth-order valence-corrected chi connectivity index (χ4v) is 2.55. The Bertz CT molecular complexity index is 773. The van der Waals surface area contributed by atoms with Crippen molar-refractivity contribution >= 4 is 0 Å². The van der Waals surface area contributed by atoms with Gasteiger partial charge >= 0.3 is 0 Å². The summed E-state index contributed by atoms with van der Waals surface area (Å²) >= 11 is 0. The molecule has 1 nitrogen and oxygen atoms in total. The molecule has 104 valence electrons. The monoisotopic (exact) mass is 273 g/mol. The number of hydrogen-bond donors (Lipinski definition) is 0. The Morgan fingerprint density at radius 2 is 1.33 bits per heavy atom. The number of aryl methyl sites for hydroxylation is 3. The molecule has 1 heterocycles. The summed E-state index contributed by atoms with van der Waals surface area (Å²) in [5, 5.41) is 0. The van der Waals surface area contributed by atoms with Gasteiger partial charge in [0.05, 0.1) is 5.69 Å². The highest BCUT2D eigenvalue weighted by molar-refractivity contribution is 5.70. The van der Waals surface area contributed by atoms with Crippen molar-refractivity contribution in [3.63, 3.8) is 0 Å². The van der Waals surface area contributed by atoms with Crippen LogP contribution in [-0.2, 0) is 0 Å². The zero-order valence-corrected chi connectivity index (χ0v) is 12.7. The highest BCUT2D eigenvalue weighted by atomic mass is 14.7. The Morgan fingerprint density at radius 3 is 2.00 bits per heavy atom. The van der Waals surface area contributed by atoms with E-state index in [1.165, 1.54) is 33.4 Å². The molecule has 0 amide bonds. The van der Waals surface area contributed by atoms with E-state index >= 15 is 0 Å². The van der Waals surface area contributed by atoms with Crippen LogP contribution in [0.2, 0.25) is 0 Å². The molecule has 2 aromatic carbocycles. The third-order valence-corrected chi connectivity index (χ3v) is 3.97. The Hall–Kier alpha value is -2.41. The first-order valence-corrected chi connectivity index (χ1v) is 7.25. The van der Waals surface area contributed by atoms with E-state index < -0.39 is 0 Å². The second-order valence-electron chi connectivity index (χ2n) is 5.55. The van der Waals surface area contributed by atoms with Crippen molar-refractivity contribution < 1.29 is 0 Å². The summed E-state index contributed by atoms with van der Waals surface area (Å²) in [4.78, 5) is 4.68. The number of pyridine rings is 1. The fourth-order valence-electron chi connectivity index (χ4n) is 2.55. The van der Waals surface area contributed by atoms with Crippen LogP contribution in [0.5, 0.6) is 0 Å². The van der Waals surface area contributed by atoms with Crippen LogP contribution < -0.4 is 0 Å². The molecular weight excluding hydrogens is 254 g/mol. The van der Waals surface area contributed by atoms with Gasteiger partial charge in [-0.2, -0.15) is 0 Å². The third kappa shape index (κ3) is 2.73. The first-order chi connectivity index (χ1) is 10.1. The number of hydrogen-bond acceptors (Lipinski definition) is 1. The van der Waals surface area contributed by atoms with Crippen LogP contribution in [0.1, 0.15) is 16.7 Å². The minimum atomic E-state index is 1.06. The normalized spacial score (nSPS) is 10.6. The van der Waals surface area contributed by atoms with Crippen LogP contribution in [0.4, 0.5) is 0 Å². The molecule has 0 aliphatic rings. The van der Waals surface area contributed by atoms with Gasteiger partial charge in [0.2, 0.25) is 0 Å². The van der Waals surface area contributed by atoms with Gasteiger partial charge in [0.15, 0.2) is 0 Å². The van der Waals surface area contributed by atoms with Gasteiger partial charge in [-0.25, -0.2) is 0 Å². The SMILES string of the molecule is Cc1ccc(-c2cnc(-c3ccccc3)c(C)c2)cc1C. The molecule has 1 aromatic heterocycles. The second-order valence-corrected chi connectivity index (χ2v) is 5.55. The molecule has 0 aliphatic heterocycles. The van der Waals surface area contributed by atoms with Crippen molar-refractivity contribution in [3.8, 4) is 22.4 Å². The van der Waals surface area contributed by atoms with Gasteiger partial charge < -0.3 is 0 Å². The van der Waals surface area contributed by atoms with Crippen LogP contribution in [0.25, 0.3) is 22.4 Å². The Morgan fingerprint density at radius 1 is 0.619 bits per heavy atom. The molecule has 0 bridgehead atoms. The number of nitrogens with zero attached hydrogens (tertiary/aromatic N) is 1. The molecule has 0 N–H and O–H groups in total. The smallest absolute Gasteiger partial charge is 0.0731 e. The molecule has 0 atom stereocenters. The molecule has 21 heavy (non-hydrogen) atoms. The van der Waals surface area contributed by atoms with E-state index in [2.05, 4.69) is 62.2 Å². The van der Waals surface area contributed by atoms with E-state index in [1.807, 2.05) is 24.4 Å². The molecule has 3 aromatic rings. The largest absolute Gasteiger partial charge is 0.255 e. The van der Waals surface area contributed by atoms with Gasteiger partial charge in [-0.05, 0) is 49.1 Å². The summed E-state index contributed by atoms with van der Waals surface area (Å²) in [7, 11) is 0. The average Bonchev–Trinajstić information content (AvgIpc) is 2.51. The maximum absolute atomic E-state index is 4.68. The zero-order chi connectivity index (χ0) is 14.8. The van der Waals surface area contributed by atoms with E-state index in [1.54, 1.807) is 0 Å². The summed E-state index contributed by atoms with van der Waals surface area (Å²) in [5.74, 6) is 0. The number of benzene rings is 2. The minimum absolute atomic E-state index is 1.06. The van der Waals surface area contributed by atoms with Gasteiger partial charge in [-0.15, -0.1) is 0 Å². The first-order valence-electron chi connectivity index (χ1n) is 7.25. The van der Waals surface area contributed by atoms with Gasteiger partial charge in [0.25, 0.3) is 0 Å². The van der Waals surface area contributed by atoms with Crippen molar-refractivity contribution in [2.75, 3.05) is 0 Å². The lowest BCUT2D eigenvalue weighted by Gasteiger charge is -2.09. The molecule has 1 heteroatoms. The predicted octanol–water partition coefficient (Wildman–Crippen LogP) is 5.34. The molecule has 0 fully saturated rings. The van der Waals surface area contributed by atoms with E-state index in [0.717, 1.165) is 5.69 Å². The van der Waals surface area contributed by atoms with Crippen molar-refractivity contribution in [2.45, 2.75) is 20.8 Å². The lowest BCUT2D eigenvalue weighted by atomic mass is 9.99. The topological polar surface area (TPSA) is 12.9 Å². The predicted molar refractivity (Wildman–Crippen MR) is 89.3 cm³/mol. The van der Waals surface area contributed by atoms with Crippen molar-refractivity contribution in [1.29, 1.82) is 0 Å². The van der Waals surface area contributed by atoms with Gasteiger partial charge in [0.1, 0.15) is 0 Å². The van der Waals surface area contributed by atoms with Crippen LogP contribution in [0.3, 0.4) is 0 Å². The molecular formula is C20H19N. The number of aromatic nitrogens is 1. The fraction of sp³-hybridized carbons (Fsp3) is 0.150. The van der Waals surface area contributed by atoms with Crippen LogP contribution >= 0.6 is 0 Å². The number of rotatable bonds is 2. The molecule has 0 spiro atoms. The van der Waals surface area contributed by atoms with E-state index in [4.69, 9.17) is 0 Å². The van der Waals surface area contributed by atoms with E-state index in [9.17, 15) is 0 Å². The highest BCUT2D eigenvalue weighted by Crippen LogP contribution is 2.27. The van der Waals surface area contributed by atoms with Crippen molar-refractivity contribution in [2.24, 2.45) is 0 Å². The Balaban J connectivity index is 2.03. The van der Waals surface area contributed by atoms with Crippen LogP contribution in [0, 0.1) is 20.8 Å². The summed E-state index contributed by atoms with van der Waals surface area (Å²) in [6.07, 6.45) is 1.97. The summed E-state index contributed by atoms with van der Waals surface area (Å²) in [5.41, 5.74) is 8.48. The lowest BCUT2D eigenvalue weighted by molar-refractivity contribution is 1.26. The maximum Gasteiger partial charge on any atom is 0.0731 e. The zero-order valence-electron chi connectivity index (χ0n) is 12.7. The second kappa shape index (κ2) is 5.53. The summed E-state index contributed by atoms with van der Waals surface area (Å²) < 4.78 is 0. The van der Waals surface area contributed by atoms with Gasteiger partial charge in [-0.1, -0.05) is 48.5 Å². The van der Waals surface area contributed by atoms with Crippen molar-refractivity contribution in [1.82, 2.24) is 4.98 Å². The van der Waals surface area contributed by atoms with E-state index in [0.29, 0.717) is 0 Å². The van der Waals surface area contributed by atoms with Crippen molar-refractivity contribution in [3.05, 3.63) is 77.5 Å². The first kappa shape index (κ1) is 13.6. The third-order valence-electron chi connectivity index (χ3n) is 3.97. The molecule has 0 radical (unpaired) electrons. The van der Waals surface area contributed by atoms with Crippen LogP contribution in [-0.4, -0.2) is 4.98 Å². The molecule has 0 saturated heterocycles. The summed E-state index contributed by atoms with van der Waals surface area (Å²) in [6.45, 7) is 6.42. The van der Waals surface area contributed by atoms with E-state index in [-0.39, 0.29) is 0 Å². The Kier molecular flexibility index (Phi) is 3.57. The van der Waals surface area contributed by atoms with Gasteiger partial charge in [0, 0.05) is 17.3 Å². The minimum Gasteiger partial charge on any atom is -0.255 e. The maximum atomic E-state index is 4.68. The molecule has 0 unspecified atom stereocenters. The highest BCUT2D eigenvalue weighted by Gasteiger charge is 2.06. The molecule has 0 saturated carbocycles. The average molecular weight is 273 g/mol. The standard InChI is InChI=1S/C20H19N/c1-14-9-10-18(11-15(14)2)19-12-16(3)20(21-13-19)17-7-5-4-6-8-17/h4-13H,1-3H3. The lowest BCUT2D eigenvalue weighted by Crippen LogP contribution is -1.91. The summed E-state index contributed by atoms with van der Waals surface area (Å²) in [6, 6.07) is 19.1.